The highest BCUT2D eigenvalue weighted by Crippen LogP contribution is 2.00. The van der Waals surface area contributed by atoms with Crippen molar-refractivity contribution < 1.29 is 0 Å². The fraction of sp³-hybridized carbons (Fsp3) is 0.750. The normalized spacial score (nSPS) is 10.5. The molecule has 0 aromatic carbocycles. The molecule has 4 nitrogen and oxygen atoms in total. The zero-order valence-corrected chi connectivity index (χ0v) is 8.62. The minimum atomic E-state index is -0.138. The van der Waals surface area contributed by atoms with Crippen LogP contribution >= 0.6 is 12.2 Å². The Labute approximate surface area is 82.0 Å². The topological polar surface area (TPSA) is 53.6 Å². The van der Waals surface area contributed by atoms with Gasteiger partial charge in [-0.1, -0.05) is 26.2 Å². The number of unbranched alkanes of at least 4 members (excludes halogenated alkanes) is 3. The van der Waals surface area contributed by atoms with Crippen molar-refractivity contribution in [1.29, 1.82) is 0 Å². The van der Waals surface area contributed by atoms with E-state index in [-0.39, 0.29) is 5.69 Å². The quantitative estimate of drug-likeness (QED) is 0.564. The summed E-state index contributed by atoms with van der Waals surface area (Å²) in [6, 6.07) is 0. The predicted molar refractivity (Wildman–Crippen MR) is 54.4 cm³/mol. The number of H-pyrrole nitrogens is 2. The van der Waals surface area contributed by atoms with Gasteiger partial charge in [0.2, 0.25) is 0 Å². The largest absolute Gasteiger partial charge is 0.342 e. The molecule has 1 aromatic heterocycles. The van der Waals surface area contributed by atoms with Crippen LogP contribution in [0.1, 0.15) is 32.6 Å². The summed E-state index contributed by atoms with van der Waals surface area (Å²) in [4.78, 5) is 11.1. The molecule has 2 N–H and O–H groups in total. The van der Waals surface area contributed by atoms with Gasteiger partial charge in [-0.05, 0) is 18.6 Å². The minimum Gasteiger partial charge on any atom is -0.272 e. The molecule has 13 heavy (non-hydrogen) atoms. The molecule has 1 aromatic rings. The van der Waals surface area contributed by atoms with Crippen molar-refractivity contribution in [2.45, 2.75) is 39.2 Å². The van der Waals surface area contributed by atoms with E-state index in [9.17, 15) is 4.79 Å². The molecule has 0 aliphatic rings. The van der Waals surface area contributed by atoms with E-state index in [1.54, 1.807) is 4.57 Å². The molecule has 0 atom stereocenters. The maximum atomic E-state index is 11.1. The van der Waals surface area contributed by atoms with Crippen molar-refractivity contribution in [2.75, 3.05) is 0 Å². The SMILES string of the molecule is CCCCCCn1c(=O)[nH][nH]c1=S. The lowest BCUT2D eigenvalue weighted by atomic mass is 10.2. The molecule has 0 bridgehead atoms. The van der Waals surface area contributed by atoms with Crippen LogP contribution in [0.3, 0.4) is 0 Å². The maximum absolute atomic E-state index is 11.1. The lowest BCUT2D eigenvalue weighted by Crippen LogP contribution is -2.16. The van der Waals surface area contributed by atoms with E-state index in [0.29, 0.717) is 4.77 Å². The van der Waals surface area contributed by atoms with Crippen LogP contribution in [0.15, 0.2) is 4.79 Å². The molecule has 74 valence electrons. The molecule has 0 aliphatic carbocycles. The Bertz CT molecular complexity index is 321. The lowest BCUT2D eigenvalue weighted by Gasteiger charge is -1.98. The third kappa shape index (κ3) is 2.84. The second kappa shape index (κ2) is 5.01. The summed E-state index contributed by atoms with van der Waals surface area (Å²) < 4.78 is 2.05. The Morgan fingerprint density at radius 2 is 2.08 bits per heavy atom. The monoisotopic (exact) mass is 201 g/mol. The molecule has 0 spiro atoms. The Hall–Kier alpha value is -0.840. The summed E-state index contributed by atoms with van der Waals surface area (Å²) in [6.45, 7) is 2.88. The lowest BCUT2D eigenvalue weighted by molar-refractivity contribution is 0.567. The summed E-state index contributed by atoms with van der Waals surface area (Å²) in [5, 5.41) is 5.07. The van der Waals surface area contributed by atoms with Gasteiger partial charge in [0, 0.05) is 6.54 Å². The van der Waals surface area contributed by atoms with Crippen molar-refractivity contribution in [3.05, 3.63) is 15.3 Å². The summed E-state index contributed by atoms with van der Waals surface area (Å²) in [5.74, 6) is 0. The average molecular weight is 201 g/mol. The average Bonchev–Trinajstić information content (AvgIpc) is 2.42. The molecule has 0 saturated carbocycles. The van der Waals surface area contributed by atoms with E-state index in [0.717, 1.165) is 19.4 Å². The van der Waals surface area contributed by atoms with E-state index in [2.05, 4.69) is 17.1 Å². The van der Waals surface area contributed by atoms with Crippen molar-refractivity contribution in [3.8, 4) is 0 Å². The first-order chi connectivity index (χ1) is 6.25. The minimum absolute atomic E-state index is 0.138. The van der Waals surface area contributed by atoms with Gasteiger partial charge in [-0.2, -0.15) is 0 Å². The standard InChI is InChI=1S/C8H15N3OS/c1-2-3-4-5-6-11-7(12)9-10-8(11)13/h2-6H2,1H3,(H,9,12)(H,10,13). The van der Waals surface area contributed by atoms with E-state index in [4.69, 9.17) is 12.2 Å². The van der Waals surface area contributed by atoms with E-state index in [1.807, 2.05) is 0 Å². The Balaban J connectivity index is 2.45. The first-order valence-electron chi connectivity index (χ1n) is 4.63. The molecule has 0 unspecified atom stereocenters. The first kappa shape index (κ1) is 10.2. The predicted octanol–water partition coefficient (Wildman–Crippen LogP) is 1.81. The van der Waals surface area contributed by atoms with Gasteiger partial charge in [-0.25, -0.2) is 9.89 Å². The van der Waals surface area contributed by atoms with Crippen LogP contribution in [-0.4, -0.2) is 14.8 Å². The van der Waals surface area contributed by atoms with Crippen LogP contribution in [0.4, 0.5) is 0 Å². The number of hydrogen-bond donors (Lipinski definition) is 2. The third-order valence-corrected chi connectivity index (χ3v) is 2.32. The number of nitrogens with zero attached hydrogens (tertiary/aromatic N) is 1. The third-order valence-electron chi connectivity index (χ3n) is 2.00. The molecule has 0 saturated heterocycles. The highest BCUT2D eigenvalue weighted by molar-refractivity contribution is 7.71. The number of hydrogen-bond acceptors (Lipinski definition) is 2. The van der Waals surface area contributed by atoms with Gasteiger partial charge >= 0.3 is 5.69 Å². The van der Waals surface area contributed by atoms with Gasteiger partial charge in [-0.15, -0.1) is 0 Å². The number of aromatic nitrogens is 3. The molecule has 1 heterocycles. The van der Waals surface area contributed by atoms with Crippen LogP contribution < -0.4 is 5.69 Å². The summed E-state index contributed by atoms with van der Waals surface area (Å²) >= 11 is 4.93. The van der Waals surface area contributed by atoms with E-state index < -0.39 is 0 Å². The van der Waals surface area contributed by atoms with Gasteiger partial charge in [0.25, 0.3) is 0 Å². The van der Waals surface area contributed by atoms with Crippen molar-refractivity contribution in [1.82, 2.24) is 14.8 Å². The fourth-order valence-corrected chi connectivity index (χ4v) is 1.46. The van der Waals surface area contributed by atoms with Crippen LogP contribution in [0.2, 0.25) is 0 Å². The summed E-state index contributed by atoms with van der Waals surface area (Å²) in [6.07, 6.45) is 4.59. The maximum Gasteiger partial charge on any atom is 0.342 e. The van der Waals surface area contributed by atoms with Crippen molar-refractivity contribution in [2.24, 2.45) is 0 Å². The number of rotatable bonds is 5. The number of aromatic amines is 2. The fourth-order valence-electron chi connectivity index (χ4n) is 1.23. The molecular formula is C8H15N3OS. The van der Waals surface area contributed by atoms with Gasteiger partial charge in [-0.3, -0.25) is 9.67 Å². The van der Waals surface area contributed by atoms with Crippen molar-refractivity contribution in [3.63, 3.8) is 0 Å². The van der Waals surface area contributed by atoms with Gasteiger partial charge in [0.15, 0.2) is 4.77 Å². The molecule has 5 heteroatoms. The molecule has 0 aliphatic heterocycles. The second-order valence-electron chi connectivity index (χ2n) is 3.07. The highest BCUT2D eigenvalue weighted by Gasteiger charge is 1.98. The molecule has 1 rings (SSSR count). The zero-order chi connectivity index (χ0) is 9.68. The molecule has 0 amide bonds. The van der Waals surface area contributed by atoms with Crippen LogP contribution in [0.5, 0.6) is 0 Å². The molecule has 0 fully saturated rings. The van der Waals surface area contributed by atoms with Crippen LogP contribution in [0.25, 0.3) is 0 Å². The summed E-state index contributed by atoms with van der Waals surface area (Å²) in [7, 11) is 0. The van der Waals surface area contributed by atoms with Crippen molar-refractivity contribution >= 4 is 12.2 Å². The van der Waals surface area contributed by atoms with Crippen LogP contribution in [0, 0.1) is 4.77 Å². The summed E-state index contributed by atoms with van der Waals surface area (Å²) in [5.41, 5.74) is -0.138. The highest BCUT2D eigenvalue weighted by atomic mass is 32.1. The Morgan fingerprint density at radius 1 is 1.31 bits per heavy atom. The Morgan fingerprint density at radius 3 is 2.62 bits per heavy atom. The molecular weight excluding hydrogens is 186 g/mol. The van der Waals surface area contributed by atoms with Gasteiger partial charge in [0.05, 0.1) is 0 Å². The van der Waals surface area contributed by atoms with E-state index in [1.165, 1.54) is 12.8 Å². The smallest absolute Gasteiger partial charge is 0.272 e. The second-order valence-corrected chi connectivity index (χ2v) is 3.46. The number of nitrogens with one attached hydrogen (secondary N) is 2. The van der Waals surface area contributed by atoms with Crippen LogP contribution in [-0.2, 0) is 6.54 Å². The van der Waals surface area contributed by atoms with E-state index >= 15 is 0 Å². The van der Waals surface area contributed by atoms with Gasteiger partial charge in [0.1, 0.15) is 0 Å². The first-order valence-corrected chi connectivity index (χ1v) is 5.04. The van der Waals surface area contributed by atoms with Gasteiger partial charge < -0.3 is 0 Å². The Kier molecular flexibility index (Phi) is 3.95. The molecule has 0 radical (unpaired) electrons. The zero-order valence-electron chi connectivity index (χ0n) is 7.80.